The topological polar surface area (TPSA) is 66.8 Å². The molecule has 1 N–H and O–H groups in total. The van der Waals surface area contributed by atoms with E-state index in [4.69, 9.17) is 4.74 Å². The molecule has 0 saturated carbocycles. The van der Waals surface area contributed by atoms with E-state index in [2.05, 4.69) is 15.9 Å². The normalized spacial score (nSPS) is 17.9. The quantitative estimate of drug-likeness (QED) is 0.332. The van der Waals surface area contributed by atoms with E-state index < -0.39 is 17.7 Å². The molecule has 3 aromatic carbocycles. The standard InChI is InChI=1S/C24H18BrNO4/c1-30-19-9-5-6-16(14-19)21-20(22(27)15-10-12-17(25)13-11-15)23(28)24(29)26(21)18-7-3-2-4-8-18/h2-14,21,27H,1H3/b22-20-. The molecule has 1 atom stereocenters. The highest BCUT2D eigenvalue weighted by Crippen LogP contribution is 2.42. The lowest BCUT2D eigenvalue weighted by atomic mass is 9.95. The number of ketones is 1. The second-order valence-electron chi connectivity index (χ2n) is 6.79. The third-order valence-electron chi connectivity index (χ3n) is 5.01. The fraction of sp³-hybridized carbons (Fsp3) is 0.0833. The van der Waals surface area contributed by atoms with E-state index in [-0.39, 0.29) is 11.3 Å². The first kappa shape index (κ1) is 19.9. The zero-order valence-corrected chi connectivity index (χ0v) is 17.7. The molecule has 4 rings (SSSR count). The van der Waals surface area contributed by atoms with E-state index >= 15 is 0 Å². The molecule has 0 radical (unpaired) electrons. The van der Waals surface area contributed by atoms with E-state index in [1.807, 2.05) is 12.1 Å². The van der Waals surface area contributed by atoms with Crippen molar-refractivity contribution in [1.29, 1.82) is 0 Å². The van der Waals surface area contributed by atoms with Crippen LogP contribution < -0.4 is 9.64 Å². The summed E-state index contributed by atoms with van der Waals surface area (Å²) < 4.78 is 6.17. The number of anilines is 1. The Morgan fingerprint density at radius 2 is 1.67 bits per heavy atom. The molecule has 0 spiro atoms. The number of carbonyl (C=O) groups is 2. The van der Waals surface area contributed by atoms with Gasteiger partial charge in [0.1, 0.15) is 11.5 Å². The van der Waals surface area contributed by atoms with Crippen molar-refractivity contribution in [2.24, 2.45) is 0 Å². The Morgan fingerprint density at radius 3 is 2.33 bits per heavy atom. The van der Waals surface area contributed by atoms with Gasteiger partial charge in [-0.25, -0.2) is 0 Å². The lowest BCUT2D eigenvalue weighted by Gasteiger charge is -2.25. The number of rotatable bonds is 4. The highest BCUT2D eigenvalue weighted by atomic mass is 79.9. The van der Waals surface area contributed by atoms with Gasteiger partial charge in [-0.05, 0) is 42.0 Å². The maximum atomic E-state index is 13.1. The molecule has 1 aliphatic heterocycles. The third-order valence-corrected chi connectivity index (χ3v) is 5.53. The first-order chi connectivity index (χ1) is 14.5. The minimum absolute atomic E-state index is 0.0411. The summed E-state index contributed by atoms with van der Waals surface area (Å²) in [7, 11) is 1.55. The molecule has 5 nitrogen and oxygen atoms in total. The van der Waals surface area contributed by atoms with Gasteiger partial charge in [-0.2, -0.15) is 0 Å². The monoisotopic (exact) mass is 463 g/mol. The Kier molecular flexibility index (Phi) is 5.42. The maximum absolute atomic E-state index is 13.1. The van der Waals surface area contributed by atoms with Gasteiger partial charge in [-0.15, -0.1) is 0 Å². The van der Waals surface area contributed by atoms with Crippen molar-refractivity contribution in [2.45, 2.75) is 6.04 Å². The number of ether oxygens (including phenoxy) is 1. The average Bonchev–Trinajstić information content (AvgIpc) is 3.05. The van der Waals surface area contributed by atoms with E-state index in [9.17, 15) is 14.7 Å². The molecule has 1 heterocycles. The molecule has 0 aliphatic carbocycles. The van der Waals surface area contributed by atoms with Gasteiger partial charge < -0.3 is 9.84 Å². The SMILES string of the molecule is COc1cccc(C2/C(=C(/O)c3ccc(Br)cc3)C(=O)C(=O)N2c2ccccc2)c1. The van der Waals surface area contributed by atoms with Crippen molar-refractivity contribution in [3.05, 3.63) is 100 Å². The van der Waals surface area contributed by atoms with Gasteiger partial charge in [-0.3, -0.25) is 14.5 Å². The van der Waals surface area contributed by atoms with Crippen LogP contribution in [0.4, 0.5) is 5.69 Å². The number of nitrogens with zero attached hydrogens (tertiary/aromatic N) is 1. The molecule has 1 fully saturated rings. The van der Waals surface area contributed by atoms with Gasteiger partial charge in [0, 0.05) is 15.7 Å². The first-order valence-electron chi connectivity index (χ1n) is 9.27. The molecular formula is C24H18BrNO4. The van der Waals surface area contributed by atoms with Gasteiger partial charge in [0.15, 0.2) is 0 Å². The Morgan fingerprint density at radius 1 is 0.967 bits per heavy atom. The van der Waals surface area contributed by atoms with Crippen LogP contribution in [0.5, 0.6) is 5.75 Å². The lowest BCUT2D eigenvalue weighted by molar-refractivity contribution is -0.132. The Balaban J connectivity index is 1.95. The molecule has 3 aromatic rings. The van der Waals surface area contributed by atoms with Crippen LogP contribution in [-0.2, 0) is 9.59 Å². The number of para-hydroxylation sites is 1. The minimum atomic E-state index is -0.786. The van der Waals surface area contributed by atoms with E-state index in [0.717, 1.165) is 4.47 Å². The molecule has 6 heteroatoms. The van der Waals surface area contributed by atoms with E-state index in [1.54, 1.807) is 73.8 Å². The summed E-state index contributed by atoms with van der Waals surface area (Å²) in [6.07, 6.45) is 0. The summed E-state index contributed by atoms with van der Waals surface area (Å²) in [6, 6.07) is 22.2. The number of carbonyl (C=O) groups excluding carboxylic acids is 2. The van der Waals surface area contributed by atoms with E-state index in [0.29, 0.717) is 22.6 Å². The lowest BCUT2D eigenvalue weighted by Crippen LogP contribution is -2.29. The molecule has 1 aliphatic rings. The Hall–Kier alpha value is -3.38. The molecule has 30 heavy (non-hydrogen) atoms. The average molecular weight is 464 g/mol. The summed E-state index contributed by atoms with van der Waals surface area (Å²) >= 11 is 3.36. The fourth-order valence-electron chi connectivity index (χ4n) is 3.58. The molecule has 0 aromatic heterocycles. The molecular weight excluding hydrogens is 446 g/mol. The predicted octanol–water partition coefficient (Wildman–Crippen LogP) is 5.08. The van der Waals surface area contributed by atoms with Crippen LogP contribution in [0.3, 0.4) is 0 Å². The predicted molar refractivity (Wildman–Crippen MR) is 118 cm³/mol. The second kappa shape index (κ2) is 8.16. The van der Waals surface area contributed by atoms with Gasteiger partial charge >= 0.3 is 0 Å². The van der Waals surface area contributed by atoms with Crippen molar-refractivity contribution < 1.29 is 19.4 Å². The number of hydrogen-bond donors (Lipinski definition) is 1. The van der Waals surface area contributed by atoms with Gasteiger partial charge in [-0.1, -0.05) is 58.4 Å². The van der Waals surface area contributed by atoms with Crippen LogP contribution in [0.1, 0.15) is 17.2 Å². The van der Waals surface area contributed by atoms with Crippen molar-refractivity contribution in [1.82, 2.24) is 0 Å². The molecule has 1 unspecified atom stereocenters. The number of methoxy groups -OCH3 is 1. The van der Waals surface area contributed by atoms with Crippen LogP contribution in [0.15, 0.2) is 88.9 Å². The molecule has 1 saturated heterocycles. The zero-order chi connectivity index (χ0) is 21.3. The number of aliphatic hydroxyl groups is 1. The summed E-state index contributed by atoms with van der Waals surface area (Å²) in [6.45, 7) is 0. The molecule has 0 bridgehead atoms. The minimum Gasteiger partial charge on any atom is -0.507 e. The largest absolute Gasteiger partial charge is 0.507 e. The number of amides is 1. The summed E-state index contributed by atoms with van der Waals surface area (Å²) in [5, 5.41) is 11.1. The molecule has 1 amide bonds. The van der Waals surface area contributed by atoms with Crippen molar-refractivity contribution in [3.63, 3.8) is 0 Å². The van der Waals surface area contributed by atoms with Crippen molar-refractivity contribution >= 4 is 39.1 Å². The van der Waals surface area contributed by atoms with Crippen molar-refractivity contribution in [2.75, 3.05) is 12.0 Å². The second-order valence-corrected chi connectivity index (χ2v) is 7.70. The van der Waals surface area contributed by atoms with E-state index in [1.165, 1.54) is 4.90 Å². The van der Waals surface area contributed by atoms with Crippen LogP contribution in [-0.4, -0.2) is 23.9 Å². The van der Waals surface area contributed by atoms with Gasteiger partial charge in [0.05, 0.1) is 18.7 Å². The van der Waals surface area contributed by atoms with Crippen LogP contribution in [0, 0.1) is 0 Å². The third kappa shape index (κ3) is 3.50. The van der Waals surface area contributed by atoms with Gasteiger partial charge in [0.2, 0.25) is 0 Å². The van der Waals surface area contributed by atoms with Gasteiger partial charge in [0.25, 0.3) is 11.7 Å². The molecule has 150 valence electrons. The Labute approximate surface area is 182 Å². The number of hydrogen-bond acceptors (Lipinski definition) is 4. The zero-order valence-electron chi connectivity index (χ0n) is 16.1. The Bertz CT molecular complexity index is 1140. The summed E-state index contributed by atoms with van der Waals surface area (Å²) in [4.78, 5) is 27.5. The number of aliphatic hydroxyl groups excluding tert-OH is 1. The van der Waals surface area contributed by atoms with Crippen LogP contribution >= 0.6 is 15.9 Å². The van der Waals surface area contributed by atoms with Crippen LogP contribution in [0.2, 0.25) is 0 Å². The summed E-state index contributed by atoms with van der Waals surface area (Å²) in [5.41, 5.74) is 1.73. The van der Waals surface area contributed by atoms with Crippen LogP contribution in [0.25, 0.3) is 5.76 Å². The summed E-state index contributed by atoms with van der Waals surface area (Å²) in [5.74, 6) is -1.04. The highest BCUT2D eigenvalue weighted by molar-refractivity contribution is 9.10. The maximum Gasteiger partial charge on any atom is 0.300 e. The number of Topliss-reactive ketones (excluding diaryl/α,β-unsaturated/α-hetero) is 1. The fourth-order valence-corrected chi connectivity index (χ4v) is 3.84. The first-order valence-corrected chi connectivity index (χ1v) is 10.1. The van der Waals surface area contributed by atoms with Crippen molar-refractivity contribution in [3.8, 4) is 5.75 Å². The smallest absolute Gasteiger partial charge is 0.300 e. The number of benzene rings is 3. The number of halogens is 1. The highest BCUT2D eigenvalue weighted by Gasteiger charge is 2.47.